The summed E-state index contributed by atoms with van der Waals surface area (Å²) in [5.41, 5.74) is 3.90. The maximum Gasteiger partial charge on any atom is 0.262 e. The first-order valence-corrected chi connectivity index (χ1v) is 15.8. The Hall–Kier alpha value is -2.57. The van der Waals surface area contributed by atoms with Gasteiger partial charge in [0.25, 0.3) is 5.91 Å². The van der Waals surface area contributed by atoms with Crippen molar-refractivity contribution < 1.29 is 18.8 Å². The monoisotopic (exact) mass is 571 g/mol. The van der Waals surface area contributed by atoms with Crippen LogP contribution < -0.4 is 19.4 Å². The molecule has 0 saturated carbocycles. The van der Waals surface area contributed by atoms with E-state index >= 15 is 0 Å². The summed E-state index contributed by atoms with van der Waals surface area (Å²) in [6, 6.07) is 13.2. The van der Waals surface area contributed by atoms with Crippen LogP contribution in [0.3, 0.4) is 0 Å². The van der Waals surface area contributed by atoms with Crippen LogP contribution in [0.15, 0.2) is 59.6 Å². The molecule has 0 atom stereocenters. The van der Waals surface area contributed by atoms with Crippen molar-refractivity contribution in [2.45, 2.75) is 90.5 Å². The summed E-state index contributed by atoms with van der Waals surface area (Å²) in [5, 5.41) is 5.36. The van der Waals surface area contributed by atoms with Crippen molar-refractivity contribution in [2.24, 2.45) is 0 Å². The average molecular weight is 572 g/mol. The maximum atomic E-state index is 12.4. The van der Waals surface area contributed by atoms with Crippen molar-refractivity contribution in [1.82, 2.24) is 0 Å². The fraction of sp³-hybridized carbons (Fsp3) is 0.500. The first-order chi connectivity index (χ1) is 19.1. The molecule has 1 amide bonds. The highest BCUT2D eigenvalue weighted by Crippen LogP contribution is 2.29. The second kappa shape index (κ2) is 18.7. The molecule has 0 unspecified atom stereocenters. The highest BCUT2D eigenvalue weighted by atomic mass is 35.5. The van der Waals surface area contributed by atoms with Crippen LogP contribution in [0.1, 0.15) is 89.5 Å². The third kappa shape index (κ3) is 12.9. The quantitative estimate of drug-likeness (QED) is 0.109. The van der Waals surface area contributed by atoms with Gasteiger partial charge in [-0.1, -0.05) is 113 Å². The second-order valence-electron chi connectivity index (χ2n) is 10.1. The summed E-state index contributed by atoms with van der Waals surface area (Å²) in [6.45, 7) is 3.58. The number of nitrogens with one attached hydrogen (secondary N) is 1. The van der Waals surface area contributed by atoms with Gasteiger partial charge in [0.05, 0.1) is 17.0 Å². The van der Waals surface area contributed by atoms with E-state index in [-0.39, 0.29) is 12.5 Å². The predicted molar refractivity (Wildman–Crippen MR) is 162 cm³/mol. The predicted octanol–water partition coefficient (Wildman–Crippen LogP) is 8.83. The van der Waals surface area contributed by atoms with Crippen LogP contribution in [0.25, 0.3) is 0 Å². The normalized spacial score (nSPS) is 10.9. The average Bonchev–Trinajstić information content (AvgIpc) is 3.44. The number of anilines is 1. The van der Waals surface area contributed by atoms with E-state index in [9.17, 15) is 4.79 Å². The molecule has 39 heavy (non-hydrogen) atoms. The fourth-order valence-electron chi connectivity index (χ4n) is 4.47. The highest BCUT2D eigenvalue weighted by Gasteiger charge is 2.10. The zero-order chi connectivity index (χ0) is 27.5. The zero-order valence-electron chi connectivity index (χ0n) is 23.3. The van der Waals surface area contributed by atoms with Crippen LogP contribution in [0.4, 0.5) is 5.69 Å². The Morgan fingerprint density at radius 2 is 1.62 bits per heavy atom. The third-order valence-electron chi connectivity index (χ3n) is 6.63. The number of hydrogen-bond donors (Lipinski definition) is 1. The number of carbonyl (C=O) groups excluding carboxylic acids is 1. The van der Waals surface area contributed by atoms with E-state index in [2.05, 4.69) is 22.3 Å². The Balaban J connectivity index is 1.26. The summed E-state index contributed by atoms with van der Waals surface area (Å²) in [6.07, 6.45) is 17.9. The number of hydrogen-bond acceptors (Lipinski definition) is 4. The number of thiazole rings is 1. The Morgan fingerprint density at radius 3 is 2.28 bits per heavy atom. The summed E-state index contributed by atoms with van der Waals surface area (Å²) in [7, 11) is 0. The van der Waals surface area contributed by atoms with Gasteiger partial charge in [-0.3, -0.25) is 4.79 Å². The summed E-state index contributed by atoms with van der Waals surface area (Å²) in [5.74, 6) is 0.950. The van der Waals surface area contributed by atoms with Crippen LogP contribution in [0.5, 0.6) is 11.5 Å². The number of benzene rings is 2. The molecule has 0 aliphatic heterocycles. The lowest BCUT2D eigenvalue weighted by molar-refractivity contribution is -0.683. The van der Waals surface area contributed by atoms with Crippen LogP contribution in [-0.4, -0.2) is 19.1 Å². The molecule has 3 rings (SSSR count). The second-order valence-corrected chi connectivity index (χ2v) is 11.2. The molecule has 0 bridgehead atoms. The number of carbonyl (C=O) groups is 1. The summed E-state index contributed by atoms with van der Waals surface area (Å²) < 4.78 is 13.6. The van der Waals surface area contributed by atoms with Gasteiger partial charge in [0.2, 0.25) is 5.51 Å². The molecule has 0 spiro atoms. The van der Waals surface area contributed by atoms with Crippen molar-refractivity contribution >= 4 is 34.5 Å². The van der Waals surface area contributed by atoms with E-state index in [4.69, 9.17) is 21.1 Å². The number of nitrogens with zero attached hydrogens (tertiary/aromatic N) is 1. The van der Waals surface area contributed by atoms with E-state index in [0.717, 1.165) is 30.0 Å². The molecule has 3 aromatic rings. The summed E-state index contributed by atoms with van der Waals surface area (Å²) >= 11 is 8.03. The lowest BCUT2D eigenvalue weighted by Crippen LogP contribution is -2.30. The number of unbranched alkanes of at least 4 members (excludes halogenated alkanes) is 11. The molecule has 1 heterocycles. The molecule has 0 radical (unpaired) electrons. The first-order valence-electron chi connectivity index (χ1n) is 14.5. The highest BCUT2D eigenvalue weighted by molar-refractivity contribution is 7.07. The van der Waals surface area contributed by atoms with Gasteiger partial charge in [0.15, 0.2) is 19.3 Å². The van der Waals surface area contributed by atoms with Crippen molar-refractivity contribution in [3.63, 3.8) is 0 Å². The number of ether oxygens (including phenoxy) is 2. The minimum atomic E-state index is -0.237. The first kappa shape index (κ1) is 31.0. The van der Waals surface area contributed by atoms with Gasteiger partial charge in [0, 0.05) is 17.3 Å². The van der Waals surface area contributed by atoms with Gasteiger partial charge in [-0.05, 0) is 30.7 Å². The van der Waals surface area contributed by atoms with Crippen LogP contribution in [-0.2, 0) is 11.3 Å². The molecule has 1 N–H and O–H groups in total. The molecule has 0 saturated heterocycles. The molecule has 1 aromatic heterocycles. The van der Waals surface area contributed by atoms with Crippen LogP contribution >= 0.6 is 22.9 Å². The van der Waals surface area contributed by atoms with Gasteiger partial charge < -0.3 is 14.8 Å². The SMILES string of the molecule is CCCCCCCCCCCCCCOc1ccc(OCC(=O)Nc2cccc(C[n+]3ccsc3)c2)c(Cl)c1. The lowest BCUT2D eigenvalue weighted by Gasteiger charge is -2.11. The van der Waals surface area contributed by atoms with Gasteiger partial charge in [-0.2, -0.15) is 4.57 Å². The zero-order valence-corrected chi connectivity index (χ0v) is 24.9. The molecule has 5 nitrogen and oxygen atoms in total. The van der Waals surface area contributed by atoms with E-state index in [1.165, 1.54) is 70.6 Å². The summed E-state index contributed by atoms with van der Waals surface area (Å²) in [4.78, 5) is 12.4. The van der Waals surface area contributed by atoms with E-state index < -0.39 is 0 Å². The molecule has 7 heteroatoms. The largest absolute Gasteiger partial charge is 0.494 e. The molecule has 0 fully saturated rings. The smallest absolute Gasteiger partial charge is 0.262 e. The maximum absolute atomic E-state index is 12.4. The van der Waals surface area contributed by atoms with E-state index in [0.29, 0.717) is 17.4 Å². The number of rotatable bonds is 20. The molecule has 0 aliphatic carbocycles. The minimum absolute atomic E-state index is 0.123. The van der Waals surface area contributed by atoms with Gasteiger partial charge in [-0.25, -0.2) is 0 Å². The van der Waals surface area contributed by atoms with Gasteiger partial charge in [0.1, 0.15) is 11.5 Å². The Kier molecular flexibility index (Phi) is 14.8. The fourth-order valence-corrected chi connectivity index (χ4v) is 5.29. The molecule has 0 aliphatic rings. The topological polar surface area (TPSA) is 51.4 Å². The number of aromatic nitrogens is 1. The number of halogens is 1. The molecule has 212 valence electrons. The Labute approximate surface area is 243 Å². The van der Waals surface area contributed by atoms with Crippen molar-refractivity contribution in [2.75, 3.05) is 18.5 Å². The molecular formula is C32H44ClN2O3S+. The van der Waals surface area contributed by atoms with E-state index in [1.54, 1.807) is 23.5 Å². The Morgan fingerprint density at radius 1 is 0.897 bits per heavy atom. The van der Waals surface area contributed by atoms with E-state index in [1.807, 2.05) is 41.9 Å². The van der Waals surface area contributed by atoms with Gasteiger partial charge in [-0.15, -0.1) is 0 Å². The standard InChI is InChI=1S/C32H43ClN2O3S/c1-2-3-4-5-6-7-8-9-10-11-12-13-20-37-29-17-18-31(30(33)23-29)38-25-32(36)34-28-16-14-15-27(22-28)24-35-19-21-39-26-35/h14-19,21-23,26H,2-13,20,24-25H2,1H3/p+1. The van der Waals surface area contributed by atoms with Gasteiger partial charge >= 0.3 is 0 Å². The molecular weight excluding hydrogens is 528 g/mol. The molecule has 2 aromatic carbocycles. The minimum Gasteiger partial charge on any atom is -0.494 e. The van der Waals surface area contributed by atoms with Crippen molar-refractivity contribution in [3.05, 3.63) is 70.1 Å². The lowest BCUT2D eigenvalue weighted by atomic mass is 10.1. The van der Waals surface area contributed by atoms with Crippen LogP contribution in [0.2, 0.25) is 5.02 Å². The Bertz CT molecular complexity index is 1090. The van der Waals surface area contributed by atoms with Crippen molar-refractivity contribution in [1.29, 1.82) is 0 Å². The van der Waals surface area contributed by atoms with Crippen molar-refractivity contribution in [3.8, 4) is 11.5 Å². The third-order valence-corrected chi connectivity index (χ3v) is 7.60. The van der Waals surface area contributed by atoms with Crippen LogP contribution in [0, 0.1) is 0 Å². The number of amides is 1.